The molecule has 15 heavy (non-hydrogen) atoms. The number of rotatable bonds is 5. The molecule has 88 valence electrons. The standard InChI is InChI=1S/C9H16F2N2O2/c1-13(4-2-3-12)6-7-5-9(10,11)8(14)15-7/h7H,2-6,12H2,1H3. The number of cyclic esters (lactones) is 1. The predicted octanol–water partition coefficient (Wildman–Crippen LogP) is 0.218. The van der Waals surface area contributed by atoms with Crippen LogP contribution < -0.4 is 5.73 Å². The number of halogens is 2. The second-order valence-corrected chi connectivity index (χ2v) is 3.84. The highest BCUT2D eigenvalue weighted by Gasteiger charge is 2.50. The number of carbonyl (C=O) groups excluding carboxylic acids is 1. The van der Waals surface area contributed by atoms with E-state index in [4.69, 9.17) is 5.73 Å². The maximum Gasteiger partial charge on any atom is 0.377 e. The predicted molar refractivity (Wildman–Crippen MR) is 50.6 cm³/mol. The smallest absolute Gasteiger partial charge is 0.377 e. The van der Waals surface area contributed by atoms with Gasteiger partial charge in [0, 0.05) is 6.54 Å². The number of nitrogens with zero attached hydrogens (tertiary/aromatic N) is 1. The molecule has 1 saturated heterocycles. The monoisotopic (exact) mass is 222 g/mol. The van der Waals surface area contributed by atoms with Gasteiger partial charge in [-0.25, -0.2) is 4.79 Å². The lowest BCUT2D eigenvalue weighted by Crippen LogP contribution is -2.31. The first kappa shape index (κ1) is 12.3. The van der Waals surface area contributed by atoms with Crippen LogP contribution in [0.15, 0.2) is 0 Å². The van der Waals surface area contributed by atoms with Crippen molar-refractivity contribution in [2.24, 2.45) is 5.73 Å². The minimum absolute atomic E-state index is 0.335. The molecule has 6 heteroatoms. The Hall–Kier alpha value is -0.750. The molecule has 1 aliphatic heterocycles. The van der Waals surface area contributed by atoms with E-state index < -0.39 is 24.4 Å². The van der Waals surface area contributed by atoms with Crippen molar-refractivity contribution >= 4 is 5.97 Å². The third-order valence-corrected chi connectivity index (χ3v) is 2.32. The van der Waals surface area contributed by atoms with E-state index in [0.29, 0.717) is 13.1 Å². The summed E-state index contributed by atoms with van der Waals surface area (Å²) in [5.74, 6) is -4.71. The van der Waals surface area contributed by atoms with Crippen molar-refractivity contribution in [1.82, 2.24) is 4.90 Å². The fourth-order valence-corrected chi connectivity index (χ4v) is 1.55. The Morgan fingerprint density at radius 2 is 2.33 bits per heavy atom. The van der Waals surface area contributed by atoms with E-state index in [1.165, 1.54) is 0 Å². The Bertz CT molecular complexity index is 236. The first-order valence-electron chi connectivity index (χ1n) is 4.93. The van der Waals surface area contributed by atoms with Crippen molar-refractivity contribution in [3.05, 3.63) is 0 Å². The minimum Gasteiger partial charge on any atom is -0.456 e. The van der Waals surface area contributed by atoms with Gasteiger partial charge in [-0.15, -0.1) is 0 Å². The van der Waals surface area contributed by atoms with Crippen molar-refractivity contribution in [3.8, 4) is 0 Å². The van der Waals surface area contributed by atoms with Gasteiger partial charge >= 0.3 is 11.9 Å². The van der Waals surface area contributed by atoms with Crippen LogP contribution in [0, 0.1) is 0 Å². The van der Waals surface area contributed by atoms with E-state index in [1.807, 2.05) is 4.90 Å². The highest BCUT2D eigenvalue weighted by molar-refractivity contribution is 5.79. The number of esters is 1. The number of alkyl halides is 2. The van der Waals surface area contributed by atoms with Gasteiger partial charge in [-0.1, -0.05) is 0 Å². The molecular formula is C9H16F2N2O2. The molecule has 0 bridgehead atoms. The molecule has 1 heterocycles. The zero-order valence-electron chi connectivity index (χ0n) is 8.71. The van der Waals surface area contributed by atoms with Crippen LogP contribution in [0.5, 0.6) is 0 Å². The topological polar surface area (TPSA) is 55.6 Å². The van der Waals surface area contributed by atoms with Gasteiger partial charge in [0.1, 0.15) is 6.10 Å². The van der Waals surface area contributed by atoms with Gasteiger partial charge < -0.3 is 15.4 Å². The molecule has 0 saturated carbocycles. The SMILES string of the molecule is CN(CCCN)CC1CC(F)(F)C(=O)O1. The van der Waals surface area contributed by atoms with Crippen molar-refractivity contribution < 1.29 is 18.3 Å². The molecule has 1 fully saturated rings. The van der Waals surface area contributed by atoms with Gasteiger partial charge in [0.05, 0.1) is 6.42 Å². The molecule has 0 spiro atoms. The van der Waals surface area contributed by atoms with E-state index in [-0.39, 0.29) is 0 Å². The van der Waals surface area contributed by atoms with Crippen LogP contribution in [0.2, 0.25) is 0 Å². The number of likely N-dealkylation sites (N-methyl/N-ethyl adjacent to an activating group) is 1. The first-order chi connectivity index (χ1) is 6.95. The summed E-state index contributed by atoms with van der Waals surface area (Å²) in [6.45, 7) is 1.61. The lowest BCUT2D eigenvalue weighted by Gasteiger charge is -2.19. The molecule has 4 nitrogen and oxygen atoms in total. The summed E-state index contributed by atoms with van der Waals surface area (Å²) in [7, 11) is 1.79. The van der Waals surface area contributed by atoms with Crippen LogP contribution in [-0.4, -0.2) is 49.6 Å². The summed E-state index contributed by atoms with van der Waals surface area (Å²) < 4.78 is 30.1. The van der Waals surface area contributed by atoms with Gasteiger partial charge in [-0.05, 0) is 26.6 Å². The van der Waals surface area contributed by atoms with E-state index in [2.05, 4.69) is 4.74 Å². The quantitative estimate of drug-likeness (QED) is 0.676. The molecule has 0 amide bonds. The summed E-state index contributed by atoms with van der Waals surface area (Å²) in [6, 6.07) is 0. The molecule has 1 aliphatic rings. The Morgan fingerprint density at radius 1 is 1.67 bits per heavy atom. The number of ether oxygens (including phenoxy) is 1. The Balaban J connectivity index is 2.32. The van der Waals surface area contributed by atoms with E-state index in [1.54, 1.807) is 7.05 Å². The largest absolute Gasteiger partial charge is 0.456 e. The molecule has 0 aromatic rings. The summed E-state index contributed by atoms with van der Waals surface area (Å²) in [6.07, 6.45) is -0.415. The van der Waals surface area contributed by atoms with Crippen LogP contribution in [0.3, 0.4) is 0 Å². The Kier molecular flexibility index (Phi) is 3.98. The highest BCUT2D eigenvalue weighted by Crippen LogP contribution is 2.30. The molecule has 1 rings (SSSR count). The minimum atomic E-state index is -3.31. The van der Waals surface area contributed by atoms with Crippen LogP contribution in [0.25, 0.3) is 0 Å². The summed E-state index contributed by atoms with van der Waals surface area (Å²) in [5.41, 5.74) is 5.32. The zero-order valence-corrected chi connectivity index (χ0v) is 8.71. The Labute approximate surface area is 87.4 Å². The van der Waals surface area contributed by atoms with Gasteiger partial charge in [-0.3, -0.25) is 0 Å². The fraction of sp³-hybridized carbons (Fsp3) is 0.889. The normalized spacial score (nSPS) is 24.6. The molecule has 0 aromatic heterocycles. The van der Waals surface area contributed by atoms with Crippen molar-refractivity contribution in [1.29, 1.82) is 0 Å². The fourth-order valence-electron chi connectivity index (χ4n) is 1.55. The number of hydrogen-bond donors (Lipinski definition) is 1. The van der Waals surface area contributed by atoms with Crippen molar-refractivity contribution in [2.75, 3.05) is 26.7 Å². The van der Waals surface area contributed by atoms with Crippen molar-refractivity contribution in [2.45, 2.75) is 24.9 Å². The number of hydrogen-bond acceptors (Lipinski definition) is 4. The van der Waals surface area contributed by atoms with Gasteiger partial charge in [-0.2, -0.15) is 8.78 Å². The molecular weight excluding hydrogens is 206 g/mol. The average Bonchev–Trinajstić information content (AvgIpc) is 2.37. The van der Waals surface area contributed by atoms with E-state index >= 15 is 0 Å². The zero-order chi connectivity index (χ0) is 11.5. The van der Waals surface area contributed by atoms with Gasteiger partial charge in [0.2, 0.25) is 0 Å². The lowest BCUT2D eigenvalue weighted by atomic mass is 10.2. The summed E-state index contributed by atoms with van der Waals surface area (Å²) >= 11 is 0. The Morgan fingerprint density at radius 3 is 2.80 bits per heavy atom. The maximum atomic E-state index is 12.8. The molecule has 0 aromatic carbocycles. The van der Waals surface area contributed by atoms with E-state index in [9.17, 15) is 13.6 Å². The highest BCUT2D eigenvalue weighted by atomic mass is 19.3. The van der Waals surface area contributed by atoms with Crippen LogP contribution in [0.1, 0.15) is 12.8 Å². The first-order valence-corrected chi connectivity index (χ1v) is 4.93. The molecule has 2 N–H and O–H groups in total. The third kappa shape index (κ3) is 3.39. The number of carbonyl (C=O) groups is 1. The second-order valence-electron chi connectivity index (χ2n) is 3.84. The maximum absolute atomic E-state index is 12.8. The molecule has 0 aliphatic carbocycles. The van der Waals surface area contributed by atoms with Crippen LogP contribution >= 0.6 is 0 Å². The summed E-state index contributed by atoms with van der Waals surface area (Å²) in [5, 5.41) is 0. The third-order valence-electron chi connectivity index (χ3n) is 2.32. The lowest BCUT2D eigenvalue weighted by molar-refractivity contribution is -0.159. The van der Waals surface area contributed by atoms with Gasteiger partial charge in [0.15, 0.2) is 0 Å². The number of nitrogens with two attached hydrogens (primary N) is 1. The van der Waals surface area contributed by atoms with Gasteiger partial charge in [0.25, 0.3) is 0 Å². The summed E-state index contributed by atoms with van der Waals surface area (Å²) in [4.78, 5) is 12.5. The van der Waals surface area contributed by atoms with E-state index in [0.717, 1.165) is 13.0 Å². The van der Waals surface area contributed by atoms with Crippen LogP contribution in [0.4, 0.5) is 8.78 Å². The van der Waals surface area contributed by atoms with Crippen LogP contribution in [-0.2, 0) is 9.53 Å². The second kappa shape index (κ2) is 4.85. The van der Waals surface area contributed by atoms with Crippen molar-refractivity contribution in [3.63, 3.8) is 0 Å². The molecule has 1 atom stereocenters. The molecule has 1 unspecified atom stereocenters. The average molecular weight is 222 g/mol. The molecule has 0 radical (unpaired) electrons.